The van der Waals surface area contributed by atoms with Gasteiger partial charge >= 0.3 is 0 Å². The van der Waals surface area contributed by atoms with Crippen LogP contribution in [0.2, 0.25) is 0 Å². The smallest absolute Gasteiger partial charge is 0.217 e. The lowest BCUT2D eigenvalue weighted by molar-refractivity contribution is -0.244. The largest absolute Gasteiger partial charge is 0.497 e. The highest BCUT2D eigenvalue weighted by Crippen LogP contribution is 2.38. The predicted molar refractivity (Wildman–Crippen MR) is 118 cm³/mol. The van der Waals surface area contributed by atoms with Gasteiger partial charge in [-0.25, -0.2) is 4.68 Å². The molecule has 2 aliphatic rings. The Labute approximate surface area is 192 Å². The van der Waals surface area contributed by atoms with Gasteiger partial charge in [0, 0.05) is 12.5 Å². The zero-order valence-electron chi connectivity index (χ0n) is 19.3. The van der Waals surface area contributed by atoms with E-state index in [2.05, 4.69) is 22.2 Å². The molecule has 0 radical (unpaired) electrons. The normalized spacial score (nSPS) is 28.2. The second-order valence-electron chi connectivity index (χ2n) is 8.51. The van der Waals surface area contributed by atoms with Crippen LogP contribution in [0.5, 0.6) is 5.75 Å². The standard InChI is InChI=1S/C23H30N4O6/c1-6-10-30-22-19(24-14(2)28)21-20(32-23(3,4)33-21)18(31-22)13-27-12-17(25-26-27)15-8-7-9-16(11-15)29-5/h6-9,11-12,18-22H,1,10,13H2,2-5H3,(H,24,28). The summed E-state index contributed by atoms with van der Waals surface area (Å²) in [6.07, 6.45) is 1.38. The molecule has 2 saturated heterocycles. The van der Waals surface area contributed by atoms with Gasteiger partial charge in [0.15, 0.2) is 12.1 Å². The van der Waals surface area contributed by atoms with Crippen LogP contribution in [0, 0.1) is 0 Å². The number of nitrogens with one attached hydrogen (secondary N) is 1. The average molecular weight is 459 g/mol. The Bertz CT molecular complexity index is 993. The fourth-order valence-corrected chi connectivity index (χ4v) is 4.20. The van der Waals surface area contributed by atoms with Gasteiger partial charge in [-0.1, -0.05) is 23.4 Å². The number of carbonyl (C=O) groups excluding carboxylic acids is 1. The zero-order chi connectivity index (χ0) is 23.6. The topological polar surface area (TPSA) is 106 Å². The summed E-state index contributed by atoms with van der Waals surface area (Å²) in [5, 5.41) is 11.5. The lowest BCUT2D eigenvalue weighted by Crippen LogP contribution is -2.63. The highest BCUT2D eigenvalue weighted by molar-refractivity contribution is 5.73. The molecule has 178 valence electrons. The summed E-state index contributed by atoms with van der Waals surface area (Å²) in [6, 6.07) is 7.08. The number of rotatable bonds is 8. The maximum Gasteiger partial charge on any atom is 0.217 e. The molecule has 0 bridgehead atoms. The first-order valence-corrected chi connectivity index (χ1v) is 10.8. The van der Waals surface area contributed by atoms with Crippen molar-refractivity contribution in [3.8, 4) is 17.0 Å². The summed E-state index contributed by atoms with van der Waals surface area (Å²) >= 11 is 0. The summed E-state index contributed by atoms with van der Waals surface area (Å²) in [4.78, 5) is 11.9. The second kappa shape index (κ2) is 9.60. The second-order valence-corrected chi connectivity index (χ2v) is 8.51. The van der Waals surface area contributed by atoms with Crippen LogP contribution < -0.4 is 10.1 Å². The number of nitrogens with zero attached hydrogens (tertiary/aromatic N) is 3. The van der Waals surface area contributed by atoms with Crippen molar-refractivity contribution in [3.05, 3.63) is 43.1 Å². The van der Waals surface area contributed by atoms with Gasteiger partial charge in [-0.15, -0.1) is 11.7 Å². The molecule has 1 aromatic carbocycles. The van der Waals surface area contributed by atoms with Crippen LogP contribution in [0.1, 0.15) is 20.8 Å². The Morgan fingerprint density at radius 3 is 2.85 bits per heavy atom. The summed E-state index contributed by atoms with van der Waals surface area (Å²) in [5.41, 5.74) is 1.60. The molecule has 5 atom stereocenters. The number of hydrogen-bond donors (Lipinski definition) is 1. The Hall–Kier alpha value is -2.79. The third-order valence-electron chi connectivity index (χ3n) is 5.51. The van der Waals surface area contributed by atoms with Crippen LogP contribution in [0.15, 0.2) is 43.1 Å². The van der Waals surface area contributed by atoms with Crippen molar-refractivity contribution in [1.29, 1.82) is 0 Å². The summed E-state index contributed by atoms with van der Waals surface area (Å²) < 4.78 is 31.4. The molecule has 1 aromatic heterocycles. The SMILES string of the molecule is C=CCOC1OC(Cn2cc(-c3cccc(OC)c3)nn2)C2OC(C)(C)OC2C1NC(C)=O. The average Bonchev–Trinajstić information content (AvgIpc) is 3.37. The Morgan fingerprint density at radius 2 is 2.12 bits per heavy atom. The van der Waals surface area contributed by atoms with Gasteiger partial charge in [-0.3, -0.25) is 4.79 Å². The minimum Gasteiger partial charge on any atom is -0.497 e. The molecule has 4 rings (SSSR count). The van der Waals surface area contributed by atoms with Crippen LogP contribution >= 0.6 is 0 Å². The van der Waals surface area contributed by atoms with E-state index < -0.39 is 36.4 Å². The predicted octanol–water partition coefficient (Wildman–Crippen LogP) is 1.91. The fraction of sp³-hybridized carbons (Fsp3) is 0.522. The first-order valence-electron chi connectivity index (χ1n) is 10.8. The number of benzene rings is 1. The Morgan fingerprint density at radius 1 is 1.33 bits per heavy atom. The van der Waals surface area contributed by atoms with Crippen LogP contribution in [0.4, 0.5) is 0 Å². The third kappa shape index (κ3) is 5.25. The summed E-state index contributed by atoms with van der Waals surface area (Å²) in [7, 11) is 1.62. The molecular weight excluding hydrogens is 428 g/mol. The van der Waals surface area contributed by atoms with E-state index in [1.54, 1.807) is 17.9 Å². The molecule has 10 nitrogen and oxygen atoms in total. The molecule has 2 aromatic rings. The van der Waals surface area contributed by atoms with E-state index in [1.807, 2.05) is 44.3 Å². The molecule has 0 saturated carbocycles. The van der Waals surface area contributed by atoms with Crippen molar-refractivity contribution in [3.63, 3.8) is 0 Å². The lowest BCUT2D eigenvalue weighted by atomic mass is 9.96. The van der Waals surface area contributed by atoms with Crippen LogP contribution in [0.25, 0.3) is 11.3 Å². The quantitative estimate of drug-likeness (QED) is 0.598. The van der Waals surface area contributed by atoms with Crippen molar-refractivity contribution in [2.24, 2.45) is 0 Å². The number of carbonyl (C=O) groups is 1. The van der Waals surface area contributed by atoms with E-state index in [-0.39, 0.29) is 12.5 Å². The number of aromatic nitrogens is 3. The van der Waals surface area contributed by atoms with Crippen LogP contribution in [0.3, 0.4) is 0 Å². The van der Waals surface area contributed by atoms with Crippen molar-refractivity contribution in [1.82, 2.24) is 20.3 Å². The molecule has 1 N–H and O–H groups in total. The molecule has 3 heterocycles. The van der Waals surface area contributed by atoms with Gasteiger partial charge in [0.2, 0.25) is 5.91 Å². The monoisotopic (exact) mass is 458 g/mol. The van der Waals surface area contributed by atoms with E-state index in [1.165, 1.54) is 6.92 Å². The fourth-order valence-electron chi connectivity index (χ4n) is 4.20. The molecule has 2 fully saturated rings. The molecule has 2 aliphatic heterocycles. The molecule has 0 aliphatic carbocycles. The van der Waals surface area contributed by atoms with Crippen molar-refractivity contribution < 1.29 is 28.5 Å². The van der Waals surface area contributed by atoms with E-state index >= 15 is 0 Å². The lowest BCUT2D eigenvalue weighted by Gasteiger charge is -2.42. The number of fused-ring (bicyclic) bond motifs is 1. The number of methoxy groups -OCH3 is 1. The van der Waals surface area contributed by atoms with E-state index in [9.17, 15) is 4.79 Å². The van der Waals surface area contributed by atoms with Gasteiger partial charge in [0.05, 0.1) is 26.5 Å². The van der Waals surface area contributed by atoms with Gasteiger partial charge in [0.25, 0.3) is 0 Å². The number of hydrogen-bond acceptors (Lipinski definition) is 8. The van der Waals surface area contributed by atoms with E-state index in [0.717, 1.165) is 11.3 Å². The van der Waals surface area contributed by atoms with Gasteiger partial charge in [-0.05, 0) is 26.0 Å². The summed E-state index contributed by atoms with van der Waals surface area (Å²) in [6.45, 7) is 9.44. The van der Waals surface area contributed by atoms with E-state index in [0.29, 0.717) is 12.2 Å². The first kappa shape index (κ1) is 23.4. The van der Waals surface area contributed by atoms with Crippen molar-refractivity contribution >= 4 is 5.91 Å². The summed E-state index contributed by atoms with van der Waals surface area (Å²) in [5.74, 6) is -0.305. The minimum absolute atomic E-state index is 0.208. The number of ether oxygens (including phenoxy) is 5. The van der Waals surface area contributed by atoms with Gasteiger partial charge in [-0.2, -0.15) is 0 Å². The van der Waals surface area contributed by atoms with E-state index in [4.69, 9.17) is 23.7 Å². The maximum absolute atomic E-state index is 11.9. The highest BCUT2D eigenvalue weighted by Gasteiger charge is 2.56. The maximum atomic E-state index is 11.9. The molecule has 10 heteroatoms. The van der Waals surface area contributed by atoms with Crippen LogP contribution in [-0.2, 0) is 30.3 Å². The molecular formula is C23H30N4O6. The molecule has 1 amide bonds. The molecule has 0 spiro atoms. The highest BCUT2D eigenvalue weighted by atomic mass is 16.8. The van der Waals surface area contributed by atoms with Crippen LogP contribution in [-0.4, -0.2) is 71.0 Å². The van der Waals surface area contributed by atoms with Crippen molar-refractivity contribution in [2.75, 3.05) is 13.7 Å². The number of amides is 1. The molecule has 33 heavy (non-hydrogen) atoms. The Kier molecular flexibility index (Phi) is 6.80. The van der Waals surface area contributed by atoms with Crippen molar-refractivity contribution in [2.45, 2.75) is 63.7 Å². The third-order valence-corrected chi connectivity index (χ3v) is 5.51. The van der Waals surface area contributed by atoms with Gasteiger partial charge in [0.1, 0.15) is 35.8 Å². The van der Waals surface area contributed by atoms with Gasteiger partial charge < -0.3 is 29.0 Å². The minimum atomic E-state index is -0.838. The molecule has 5 unspecified atom stereocenters. The Balaban J connectivity index is 1.57. The zero-order valence-corrected chi connectivity index (χ0v) is 19.3. The first-order chi connectivity index (χ1) is 15.8.